The number of carbonyl (C=O) groups excluding carboxylic acids is 1. The standard InChI is InChI=1S/C16H13F2NOS/c17-12-6-2-1-4-10(12)16(20)19-14-8-9-21-15-11(14)5-3-7-13(15)18/h1-7,14H,8-9H2,(H,19,20)/t14-/m1/s1. The average molecular weight is 305 g/mol. The third-order valence-electron chi connectivity index (χ3n) is 3.45. The zero-order chi connectivity index (χ0) is 14.8. The Balaban J connectivity index is 1.86. The fourth-order valence-corrected chi connectivity index (χ4v) is 3.56. The van der Waals surface area contributed by atoms with E-state index in [0.717, 1.165) is 11.3 Å². The lowest BCUT2D eigenvalue weighted by Gasteiger charge is -2.26. The Hall–Kier alpha value is -1.88. The summed E-state index contributed by atoms with van der Waals surface area (Å²) in [6.45, 7) is 0. The molecule has 2 aromatic carbocycles. The van der Waals surface area contributed by atoms with Gasteiger partial charge in [-0.15, -0.1) is 11.8 Å². The second kappa shape index (κ2) is 5.85. The van der Waals surface area contributed by atoms with E-state index in [1.807, 2.05) is 0 Å². The quantitative estimate of drug-likeness (QED) is 0.911. The van der Waals surface area contributed by atoms with Crippen LogP contribution in [0.1, 0.15) is 28.4 Å². The van der Waals surface area contributed by atoms with Crippen LogP contribution in [0.15, 0.2) is 47.4 Å². The number of rotatable bonds is 2. The predicted octanol–water partition coefficient (Wildman–Crippen LogP) is 3.93. The van der Waals surface area contributed by atoms with Crippen molar-refractivity contribution in [1.29, 1.82) is 0 Å². The lowest BCUT2D eigenvalue weighted by Crippen LogP contribution is -2.31. The highest BCUT2D eigenvalue weighted by atomic mass is 32.2. The van der Waals surface area contributed by atoms with Gasteiger partial charge in [-0.3, -0.25) is 4.79 Å². The third-order valence-corrected chi connectivity index (χ3v) is 4.61. The average Bonchev–Trinajstić information content (AvgIpc) is 2.49. The first kappa shape index (κ1) is 14.1. The first-order chi connectivity index (χ1) is 10.2. The molecule has 5 heteroatoms. The van der Waals surface area contributed by atoms with Crippen molar-refractivity contribution in [3.63, 3.8) is 0 Å². The first-order valence-electron chi connectivity index (χ1n) is 6.63. The van der Waals surface area contributed by atoms with Gasteiger partial charge in [0.05, 0.1) is 11.6 Å². The van der Waals surface area contributed by atoms with Gasteiger partial charge in [-0.05, 0) is 30.2 Å². The molecule has 3 rings (SSSR count). The highest BCUT2D eigenvalue weighted by Gasteiger charge is 2.25. The largest absolute Gasteiger partial charge is 0.345 e. The smallest absolute Gasteiger partial charge is 0.254 e. The van der Waals surface area contributed by atoms with Crippen molar-refractivity contribution in [2.75, 3.05) is 5.75 Å². The molecule has 0 saturated carbocycles. The van der Waals surface area contributed by atoms with E-state index in [1.165, 1.54) is 36.0 Å². The van der Waals surface area contributed by atoms with Crippen LogP contribution in [0.5, 0.6) is 0 Å². The number of thioether (sulfide) groups is 1. The van der Waals surface area contributed by atoms with Gasteiger partial charge in [-0.2, -0.15) is 0 Å². The Morgan fingerprint density at radius 2 is 1.86 bits per heavy atom. The van der Waals surface area contributed by atoms with Crippen molar-refractivity contribution in [2.45, 2.75) is 17.4 Å². The molecule has 0 radical (unpaired) electrons. The van der Waals surface area contributed by atoms with E-state index in [-0.39, 0.29) is 17.4 Å². The summed E-state index contributed by atoms with van der Waals surface area (Å²) < 4.78 is 27.4. The van der Waals surface area contributed by atoms with Gasteiger partial charge in [0.25, 0.3) is 5.91 Å². The number of benzene rings is 2. The summed E-state index contributed by atoms with van der Waals surface area (Å²) in [5.41, 5.74) is 0.768. The minimum absolute atomic E-state index is 0.00804. The number of halogens is 2. The minimum Gasteiger partial charge on any atom is -0.345 e. The summed E-state index contributed by atoms with van der Waals surface area (Å²) in [4.78, 5) is 12.7. The van der Waals surface area contributed by atoms with E-state index in [0.29, 0.717) is 11.3 Å². The molecule has 108 valence electrons. The van der Waals surface area contributed by atoms with Gasteiger partial charge in [-0.1, -0.05) is 24.3 Å². The SMILES string of the molecule is O=C(N[C@@H]1CCSc2c(F)cccc21)c1ccccc1F. The normalized spacial score (nSPS) is 17.1. The lowest BCUT2D eigenvalue weighted by molar-refractivity contribution is 0.0930. The molecule has 2 nitrogen and oxygen atoms in total. The van der Waals surface area contributed by atoms with Crippen LogP contribution >= 0.6 is 11.8 Å². The van der Waals surface area contributed by atoms with Crippen LogP contribution in [0.4, 0.5) is 8.78 Å². The van der Waals surface area contributed by atoms with E-state index in [1.54, 1.807) is 18.2 Å². The van der Waals surface area contributed by atoms with Crippen LogP contribution in [0.25, 0.3) is 0 Å². The Morgan fingerprint density at radius 1 is 1.10 bits per heavy atom. The molecule has 1 atom stereocenters. The van der Waals surface area contributed by atoms with Gasteiger partial charge in [0.1, 0.15) is 11.6 Å². The van der Waals surface area contributed by atoms with Gasteiger partial charge in [-0.25, -0.2) is 8.78 Å². The topological polar surface area (TPSA) is 29.1 Å². The second-order valence-electron chi connectivity index (χ2n) is 4.80. The minimum atomic E-state index is -0.556. The number of fused-ring (bicyclic) bond motifs is 1. The summed E-state index contributed by atoms with van der Waals surface area (Å²) in [7, 11) is 0. The summed E-state index contributed by atoms with van der Waals surface area (Å²) in [6.07, 6.45) is 0.696. The molecule has 0 aliphatic carbocycles. The number of carbonyl (C=O) groups is 1. The molecule has 0 fully saturated rings. The Kier molecular flexibility index (Phi) is 3.92. The van der Waals surface area contributed by atoms with Crippen molar-refractivity contribution in [3.8, 4) is 0 Å². The number of nitrogens with one attached hydrogen (secondary N) is 1. The third kappa shape index (κ3) is 2.78. The molecule has 0 saturated heterocycles. The molecular weight excluding hydrogens is 292 g/mol. The number of hydrogen-bond donors (Lipinski definition) is 1. The van der Waals surface area contributed by atoms with E-state index >= 15 is 0 Å². The molecule has 2 aromatic rings. The number of hydrogen-bond acceptors (Lipinski definition) is 2. The Labute approximate surface area is 125 Å². The van der Waals surface area contributed by atoms with Crippen LogP contribution in [-0.4, -0.2) is 11.7 Å². The molecule has 1 amide bonds. The first-order valence-corrected chi connectivity index (χ1v) is 7.62. The summed E-state index contributed by atoms with van der Waals surface area (Å²) in [6, 6.07) is 10.4. The van der Waals surface area contributed by atoms with Gasteiger partial charge in [0, 0.05) is 10.6 Å². The zero-order valence-electron chi connectivity index (χ0n) is 11.1. The summed E-state index contributed by atoms with van der Waals surface area (Å²) >= 11 is 1.44. The van der Waals surface area contributed by atoms with Crippen molar-refractivity contribution in [2.24, 2.45) is 0 Å². The van der Waals surface area contributed by atoms with E-state index in [2.05, 4.69) is 5.32 Å². The molecule has 1 heterocycles. The Morgan fingerprint density at radius 3 is 2.67 bits per heavy atom. The molecular formula is C16H13F2NOS. The van der Waals surface area contributed by atoms with Crippen LogP contribution in [-0.2, 0) is 0 Å². The molecule has 21 heavy (non-hydrogen) atoms. The van der Waals surface area contributed by atoms with Crippen LogP contribution in [0.2, 0.25) is 0 Å². The van der Waals surface area contributed by atoms with E-state index in [4.69, 9.17) is 0 Å². The highest BCUT2D eigenvalue weighted by Crippen LogP contribution is 2.37. The van der Waals surface area contributed by atoms with Gasteiger partial charge >= 0.3 is 0 Å². The van der Waals surface area contributed by atoms with Crippen LogP contribution < -0.4 is 5.32 Å². The maximum Gasteiger partial charge on any atom is 0.254 e. The summed E-state index contributed by atoms with van der Waals surface area (Å²) in [5.74, 6) is -0.585. The van der Waals surface area contributed by atoms with Crippen LogP contribution in [0.3, 0.4) is 0 Å². The monoisotopic (exact) mass is 305 g/mol. The zero-order valence-corrected chi connectivity index (χ0v) is 11.9. The van der Waals surface area contributed by atoms with Crippen LogP contribution in [0, 0.1) is 11.6 Å². The molecule has 0 bridgehead atoms. The van der Waals surface area contributed by atoms with E-state index < -0.39 is 11.7 Å². The predicted molar refractivity (Wildman–Crippen MR) is 78.3 cm³/mol. The van der Waals surface area contributed by atoms with Crippen molar-refractivity contribution < 1.29 is 13.6 Å². The molecule has 1 aliphatic heterocycles. The maximum atomic E-state index is 13.8. The van der Waals surface area contributed by atoms with E-state index in [9.17, 15) is 13.6 Å². The molecule has 0 unspecified atom stereocenters. The van der Waals surface area contributed by atoms with Gasteiger partial charge in [0.15, 0.2) is 0 Å². The lowest BCUT2D eigenvalue weighted by atomic mass is 10.0. The fourth-order valence-electron chi connectivity index (χ4n) is 2.42. The fraction of sp³-hybridized carbons (Fsp3) is 0.188. The highest BCUT2D eigenvalue weighted by molar-refractivity contribution is 7.99. The van der Waals surface area contributed by atoms with Crippen molar-refractivity contribution in [3.05, 3.63) is 65.2 Å². The van der Waals surface area contributed by atoms with Crippen molar-refractivity contribution >= 4 is 17.7 Å². The molecule has 0 aromatic heterocycles. The number of amides is 1. The van der Waals surface area contributed by atoms with Gasteiger partial charge in [0.2, 0.25) is 0 Å². The maximum absolute atomic E-state index is 13.8. The molecule has 1 aliphatic rings. The van der Waals surface area contributed by atoms with Crippen molar-refractivity contribution in [1.82, 2.24) is 5.32 Å². The molecule has 0 spiro atoms. The Bertz CT molecular complexity index is 690. The second-order valence-corrected chi connectivity index (χ2v) is 5.91. The van der Waals surface area contributed by atoms with Gasteiger partial charge < -0.3 is 5.32 Å². The molecule has 1 N–H and O–H groups in total. The summed E-state index contributed by atoms with van der Waals surface area (Å²) in [5, 5.41) is 2.80.